The smallest absolute Gasteiger partial charge is 0.282 e. The minimum atomic E-state index is -1.92. The SMILES string of the molecule is O=C(N[C@H](OC[C@@H]1CCCN2CCCC[C@H]12)C(Cl)(Cl)Cl)c1ccccc1[N+](=O)[O-]. The summed E-state index contributed by atoms with van der Waals surface area (Å²) in [5.41, 5.74) is -0.435. The summed E-state index contributed by atoms with van der Waals surface area (Å²) in [7, 11) is 0. The Morgan fingerprint density at radius 2 is 1.97 bits per heavy atom. The molecule has 3 rings (SSSR count). The fraction of sp³-hybridized carbons (Fsp3) is 0.632. The molecule has 2 saturated heterocycles. The van der Waals surface area contributed by atoms with Crippen molar-refractivity contribution in [2.75, 3.05) is 19.7 Å². The Balaban J connectivity index is 1.67. The normalized spacial score (nSPS) is 23.8. The fourth-order valence-corrected chi connectivity index (χ4v) is 4.58. The number of rotatable bonds is 6. The van der Waals surface area contributed by atoms with E-state index in [1.165, 1.54) is 37.1 Å². The molecule has 1 aromatic rings. The van der Waals surface area contributed by atoms with Gasteiger partial charge in [0.15, 0.2) is 6.23 Å². The van der Waals surface area contributed by atoms with Crippen LogP contribution in [-0.4, -0.2) is 51.5 Å². The van der Waals surface area contributed by atoms with Crippen LogP contribution in [0.25, 0.3) is 0 Å². The summed E-state index contributed by atoms with van der Waals surface area (Å²) in [5.74, 6) is -0.432. The van der Waals surface area contributed by atoms with Gasteiger partial charge in [0.1, 0.15) is 5.56 Å². The topological polar surface area (TPSA) is 84.7 Å². The average molecular weight is 465 g/mol. The number of nitrogens with zero attached hydrogens (tertiary/aromatic N) is 2. The number of ether oxygens (including phenoxy) is 1. The van der Waals surface area contributed by atoms with Gasteiger partial charge in [-0.3, -0.25) is 14.9 Å². The van der Waals surface area contributed by atoms with Crippen LogP contribution in [-0.2, 0) is 4.74 Å². The molecule has 1 aromatic carbocycles. The minimum absolute atomic E-state index is 0.114. The van der Waals surface area contributed by atoms with Gasteiger partial charge in [0.25, 0.3) is 11.6 Å². The predicted octanol–water partition coefficient (Wildman–Crippen LogP) is 4.30. The van der Waals surface area contributed by atoms with Crippen LogP contribution in [0.1, 0.15) is 42.5 Å². The highest BCUT2D eigenvalue weighted by Crippen LogP contribution is 2.35. The molecular formula is C19H24Cl3N3O4. The molecule has 0 aliphatic carbocycles. The van der Waals surface area contributed by atoms with E-state index >= 15 is 0 Å². The van der Waals surface area contributed by atoms with Crippen molar-refractivity contribution in [1.82, 2.24) is 10.2 Å². The maximum absolute atomic E-state index is 12.6. The summed E-state index contributed by atoms with van der Waals surface area (Å²) in [4.78, 5) is 25.7. The summed E-state index contributed by atoms with van der Waals surface area (Å²) in [5, 5.41) is 13.7. The maximum Gasteiger partial charge on any atom is 0.282 e. The summed E-state index contributed by atoms with van der Waals surface area (Å²) in [6.45, 7) is 2.55. The number of nitro benzene ring substituents is 1. The van der Waals surface area contributed by atoms with Crippen molar-refractivity contribution in [3.05, 3.63) is 39.9 Å². The van der Waals surface area contributed by atoms with Gasteiger partial charge in [-0.25, -0.2) is 0 Å². The number of carbonyl (C=O) groups excluding carboxylic acids is 1. The Bertz CT molecular complexity index is 742. The first-order valence-corrected chi connectivity index (χ1v) is 10.9. The molecular weight excluding hydrogens is 441 g/mol. The van der Waals surface area contributed by atoms with Crippen LogP contribution in [0.3, 0.4) is 0 Å². The van der Waals surface area contributed by atoms with E-state index in [-0.39, 0.29) is 11.3 Å². The van der Waals surface area contributed by atoms with Gasteiger partial charge in [-0.2, -0.15) is 0 Å². The summed E-state index contributed by atoms with van der Waals surface area (Å²) >= 11 is 18.1. The summed E-state index contributed by atoms with van der Waals surface area (Å²) in [6, 6.07) is 6.06. The van der Waals surface area contributed by atoms with Crippen molar-refractivity contribution in [1.29, 1.82) is 0 Å². The van der Waals surface area contributed by atoms with Crippen LogP contribution in [0, 0.1) is 16.0 Å². The highest BCUT2D eigenvalue weighted by Gasteiger charge is 2.39. The number of piperidine rings is 2. The molecule has 1 amide bonds. The third-order valence-electron chi connectivity index (χ3n) is 5.61. The van der Waals surface area contributed by atoms with Crippen molar-refractivity contribution in [3.8, 4) is 0 Å². The second-order valence-electron chi connectivity index (χ2n) is 7.50. The monoisotopic (exact) mass is 463 g/mol. The largest absolute Gasteiger partial charge is 0.354 e. The van der Waals surface area contributed by atoms with Gasteiger partial charge >= 0.3 is 0 Å². The van der Waals surface area contributed by atoms with E-state index in [4.69, 9.17) is 39.5 Å². The third kappa shape index (κ3) is 5.73. The van der Waals surface area contributed by atoms with E-state index in [0.717, 1.165) is 32.4 Å². The van der Waals surface area contributed by atoms with Crippen LogP contribution in [0.15, 0.2) is 24.3 Å². The molecule has 2 aliphatic heterocycles. The zero-order valence-corrected chi connectivity index (χ0v) is 18.1. The standard InChI is InChI=1S/C19H24Cl3N3O4/c20-19(21,22)18(23-17(26)14-7-1-2-9-16(14)25(27)28)29-12-13-6-5-11-24-10-4-3-8-15(13)24/h1-2,7,9,13,15,18H,3-6,8,10-12H2,(H,23,26)/t13-,15+,18+/m0/s1. The first-order valence-electron chi connectivity index (χ1n) is 9.74. The molecule has 7 nitrogen and oxygen atoms in total. The number of alkyl halides is 3. The molecule has 0 spiro atoms. The predicted molar refractivity (Wildman–Crippen MR) is 113 cm³/mol. The maximum atomic E-state index is 12.6. The molecule has 2 heterocycles. The van der Waals surface area contributed by atoms with Gasteiger partial charge in [-0.1, -0.05) is 53.4 Å². The molecule has 2 fully saturated rings. The van der Waals surface area contributed by atoms with Gasteiger partial charge in [0, 0.05) is 12.1 Å². The second kappa shape index (κ2) is 9.79. The molecule has 29 heavy (non-hydrogen) atoms. The molecule has 0 saturated carbocycles. The summed E-state index contributed by atoms with van der Waals surface area (Å²) in [6.07, 6.45) is 4.41. The number of nitro groups is 1. The summed E-state index contributed by atoms with van der Waals surface area (Å²) < 4.78 is 3.95. The number of hydrogen-bond acceptors (Lipinski definition) is 5. The zero-order chi connectivity index (χ0) is 21.0. The van der Waals surface area contributed by atoms with Crippen LogP contribution < -0.4 is 5.32 Å². The van der Waals surface area contributed by atoms with E-state index in [0.29, 0.717) is 18.6 Å². The van der Waals surface area contributed by atoms with Gasteiger partial charge < -0.3 is 15.0 Å². The highest BCUT2D eigenvalue weighted by atomic mass is 35.6. The van der Waals surface area contributed by atoms with Crippen LogP contribution in [0.2, 0.25) is 0 Å². The quantitative estimate of drug-likeness (QED) is 0.294. The second-order valence-corrected chi connectivity index (χ2v) is 9.87. The van der Waals surface area contributed by atoms with Crippen LogP contribution in [0.4, 0.5) is 5.69 Å². The highest BCUT2D eigenvalue weighted by molar-refractivity contribution is 6.68. The van der Waals surface area contributed by atoms with Crippen LogP contribution in [0.5, 0.6) is 0 Å². The van der Waals surface area contributed by atoms with E-state index in [2.05, 4.69) is 10.2 Å². The fourth-order valence-electron chi connectivity index (χ4n) is 4.23. The number of fused-ring (bicyclic) bond motifs is 1. The number of benzene rings is 1. The molecule has 160 valence electrons. The van der Waals surface area contributed by atoms with Crippen molar-refractivity contribution in [2.45, 2.75) is 48.2 Å². The Morgan fingerprint density at radius 3 is 2.69 bits per heavy atom. The lowest BCUT2D eigenvalue weighted by molar-refractivity contribution is -0.385. The van der Waals surface area contributed by atoms with Crippen LogP contribution >= 0.6 is 34.8 Å². The first kappa shape index (κ1) is 22.6. The molecule has 0 radical (unpaired) electrons. The van der Waals surface area contributed by atoms with E-state index in [1.54, 1.807) is 0 Å². The van der Waals surface area contributed by atoms with Gasteiger partial charge in [-0.15, -0.1) is 0 Å². The first-order chi connectivity index (χ1) is 13.8. The van der Waals surface area contributed by atoms with Gasteiger partial charge in [0.05, 0.1) is 11.5 Å². The van der Waals surface area contributed by atoms with Crippen molar-refractivity contribution < 1.29 is 14.5 Å². The Morgan fingerprint density at radius 1 is 1.24 bits per heavy atom. The Labute approximate surface area is 184 Å². The average Bonchev–Trinajstić information content (AvgIpc) is 2.70. The van der Waals surface area contributed by atoms with Gasteiger partial charge in [-0.05, 0) is 50.8 Å². The number of nitrogens with one attached hydrogen (secondary N) is 1. The minimum Gasteiger partial charge on any atom is -0.354 e. The molecule has 1 N–H and O–H groups in total. The Hall–Kier alpha value is -1.12. The van der Waals surface area contributed by atoms with E-state index in [1.807, 2.05) is 0 Å². The molecule has 0 unspecified atom stereocenters. The zero-order valence-electron chi connectivity index (χ0n) is 15.9. The van der Waals surface area contributed by atoms with E-state index in [9.17, 15) is 14.9 Å². The van der Waals surface area contributed by atoms with Crippen molar-refractivity contribution in [2.24, 2.45) is 5.92 Å². The third-order valence-corrected chi connectivity index (χ3v) is 6.21. The lowest BCUT2D eigenvalue weighted by Gasteiger charge is -2.44. The molecule has 3 atom stereocenters. The number of hydrogen-bond donors (Lipinski definition) is 1. The van der Waals surface area contributed by atoms with E-state index < -0.39 is 20.9 Å². The lowest BCUT2D eigenvalue weighted by Crippen LogP contribution is -2.51. The number of halogens is 3. The molecule has 10 heteroatoms. The molecule has 0 bridgehead atoms. The Kier molecular flexibility index (Phi) is 7.62. The lowest BCUT2D eigenvalue weighted by atomic mass is 9.84. The number of carbonyl (C=O) groups is 1. The number of para-hydroxylation sites is 1. The molecule has 0 aromatic heterocycles. The van der Waals surface area contributed by atoms with Crippen molar-refractivity contribution in [3.63, 3.8) is 0 Å². The number of amides is 1. The van der Waals surface area contributed by atoms with Gasteiger partial charge in [0.2, 0.25) is 3.79 Å². The molecule has 2 aliphatic rings. The van der Waals surface area contributed by atoms with Crippen molar-refractivity contribution >= 4 is 46.4 Å².